The summed E-state index contributed by atoms with van der Waals surface area (Å²) in [7, 11) is 0. The number of hydrogen-bond donors (Lipinski definition) is 0. The SMILES string of the molecule is CSC1CC2CC1C1CC3OC3C21. The van der Waals surface area contributed by atoms with Crippen LogP contribution in [0.5, 0.6) is 0 Å². The summed E-state index contributed by atoms with van der Waals surface area (Å²) in [6, 6.07) is 0. The fourth-order valence-electron chi connectivity index (χ4n) is 4.54. The van der Waals surface area contributed by atoms with Crippen LogP contribution in [-0.4, -0.2) is 23.7 Å². The molecule has 3 saturated carbocycles. The summed E-state index contributed by atoms with van der Waals surface area (Å²) in [5.74, 6) is 4.18. The molecule has 7 atom stereocenters. The zero-order valence-electron chi connectivity index (χ0n) is 7.98. The van der Waals surface area contributed by atoms with Crippen LogP contribution in [0, 0.1) is 23.7 Å². The molecule has 0 N–H and O–H groups in total. The number of ether oxygens (including phenoxy) is 1. The van der Waals surface area contributed by atoms with Gasteiger partial charge < -0.3 is 4.74 Å². The highest BCUT2D eigenvalue weighted by molar-refractivity contribution is 7.99. The van der Waals surface area contributed by atoms with Gasteiger partial charge in [0.1, 0.15) is 0 Å². The van der Waals surface area contributed by atoms with Crippen LogP contribution in [0.3, 0.4) is 0 Å². The molecular formula is C11H16OS. The number of thioether (sulfide) groups is 1. The lowest BCUT2D eigenvalue weighted by atomic mass is 9.81. The van der Waals surface area contributed by atoms with E-state index in [0.717, 1.165) is 35.0 Å². The van der Waals surface area contributed by atoms with Crippen molar-refractivity contribution in [2.75, 3.05) is 6.26 Å². The van der Waals surface area contributed by atoms with E-state index in [0.29, 0.717) is 6.10 Å². The van der Waals surface area contributed by atoms with Crippen LogP contribution in [0.15, 0.2) is 0 Å². The van der Waals surface area contributed by atoms with Gasteiger partial charge in [-0.25, -0.2) is 0 Å². The lowest BCUT2D eigenvalue weighted by Crippen LogP contribution is -2.29. The van der Waals surface area contributed by atoms with E-state index in [1.54, 1.807) is 0 Å². The van der Waals surface area contributed by atoms with Crippen LogP contribution in [0.25, 0.3) is 0 Å². The lowest BCUT2D eigenvalue weighted by molar-refractivity contribution is 0.150. The van der Waals surface area contributed by atoms with E-state index in [1.165, 1.54) is 19.3 Å². The van der Waals surface area contributed by atoms with E-state index in [-0.39, 0.29) is 0 Å². The quantitative estimate of drug-likeness (QED) is 0.596. The van der Waals surface area contributed by atoms with Gasteiger partial charge in [0.25, 0.3) is 0 Å². The zero-order chi connectivity index (χ0) is 8.58. The Kier molecular flexibility index (Phi) is 1.33. The van der Waals surface area contributed by atoms with Gasteiger partial charge in [-0.3, -0.25) is 0 Å². The smallest absolute Gasteiger partial charge is 0.0875 e. The van der Waals surface area contributed by atoms with Crippen molar-refractivity contribution in [3.8, 4) is 0 Å². The van der Waals surface area contributed by atoms with Gasteiger partial charge >= 0.3 is 0 Å². The fraction of sp³-hybridized carbons (Fsp3) is 1.00. The molecule has 2 bridgehead atoms. The molecule has 0 aromatic rings. The Morgan fingerprint density at radius 2 is 2.08 bits per heavy atom. The first-order valence-electron chi connectivity index (χ1n) is 5.56. The molecular weight excluding hydrogens is 180 g/mol. The second-order valence-electron chi connectivity index (χ2n) is 5.29. The molecule has 1 saturated heterocycles. The second-order valence-corrected chi connectivity index (χ2v) is 6.36. The molecule has 0 aromatic heterocycles. The van der Waals surface area contributed by atoms with E-state index in [2.05, 4.69) is 18.0 Å². The Bertz CT molecular complexity index is 252. The van der Waals surface area contributed by atoms with Crippen molar-refractivity contribution in [1.29, 1.82) is 0 Å². The van der Waals surface area contributed by atoms with Gasteiger partial charge in [0, 0.05) is 5.25 Å². The molecule has 0 spiro atoms. The summed E-state index contributed by atoms with van der Waals surface area (Å²) in [6.45, 7) is 0. The summed E-state index contributed by atoms with van der Waals surface area (Å²) in [4.78, 5) is 0. The molecule has 0 amide bonds. The van der Waals surface area contributed by atoms with Gasteiger partial charge in [-0.05, 0) is 49.2 Å². The molecule has 0 radical (unpaired) electrons. The van der Waals surface area contributed by atoms with Gasteiger partial charge in [0.15, 0.2) is 0 Å². The molecule has 4 fully saturated rings. The Morgan fingerprint density at radius 3 is 2.92 bits per heavy atom. The van der Waals surface area contributed by atoms with Crippen molar-refractivity contribution < 1.29 is 4.74 Å². The van der Waals surface area contributed by atoms with Crippen LogP contribution >= 0.6 is 11.8 Å². The molecule has 2 heteroatoms. The van der Waals surface area contributed by atoms with Gasteiger partial charge in [0.05, 0.1) is 12.2 Å². The number of fused-ring (bicyclic) bond motifs is 7. The molecule has 72 valence electrons. The maximum Gasteiger partial charge on any atom is 0.0875 e. The third kappa shape index (κ3) is 0.805. The molecule has 3 aliphatic carbocycles. The highest BCUT2D eigenvalue weighted by Gasteiger charge is 2.66. The van der Waals surface area contributed by atoms with E-state index in [4.69, 9.17) is 4.74 Å². The first kappa shape index (κ1) is 7.58. The number of rotatable bonds is 1. The van der Waals surface area contributed by atoms with Crippen molar-refractivity contribution in [3.05, 3.63) is 0 Å². The van der Waals surface area contributed by atoms with Crippen LogP contribution in [0.2, 0.25) is 0 Å². The largest absolute Gasteiger partial charge is 0.369 e. The molecule has 7 unspecified atom stereocenters. The molecule has 13 heavy (non-hydrogen) atoms. The predicted molar refractivity (Wildman–Crippen MR) is 53.8 cm³/mol. The van der Waals surface area contributed by atoms with Crippen molar-refractivity contribution in [2.24, 2.45) is 23.7 Å². The topological polar surface area (TPSA) is 12.5 Å². The molecule has 4 aliphatic rings. The maximum atomic E-state index is 5.68. The standard InChI is InChI=1S/C11H16OS/c1-13-9-3-5-2-6(9)7-4-8-11(12-8)10(5)7/h5-11H,2-4H2,1H3. The first-order valence-corrected chi connectivity index (χ1v) is 6.85. The number of hydrogen-bond acceptors (Lipinski definition) is 2. The third-order valence-electron chi connectivity index (χ3n) is 4.98. The van der Waals surface area contributed by atoms with Crippen LogP contribution in [0.1, 0.15) is 19.3 Å². The zero-order valence-corrected chi connectivity index (χ0v) is 8.80. The van der Waals surface area contributed by atoms with Gasteiger partial charge in [0.2, 0.25) is 0 Å². The van der Waals surface area contributed by atoms with Gasteiger partial charge in [-0.1, -0.05) is 0 Å². The molecule has 4 rings (SSSR count). The second kappa shape index (κ2) is 2.27. The van der Waals surface area contributed by atoms with Crippen LogP contribution < -0.4 is 0 Å². The van der Waals surface area contributed by atoms with Crippen LogP contribution in [-0.2, 0) is 4.74 Å². The fourth-order valence-corrected chi connectivity index (χ4v) is 5.64. The van der Waals surface area contributed by atoms with E-state index in [1.807, 2.05) is 0 Å². The van der Waals surface area contributed by atoms with E-state index >= 15 is 0 Å². The average Bonchev–Trinajstić information content (AvgIpc) is 2.61. The van der Waals surface area contributed by atoms with Gasteiger partial charge in [-0.2, -0.15) is 11.8 Å². The summed E-state index contributed by atoms with van der Waals surface area (Å²) >= 11 is 2.12. The third-order valence-corrected chi connectivity index (χ3v) is 6.13. The maximum absolute atomic E-state index is 5.68. The van der Waals surface area contributed by atoms with Crippen molar-refractivity contribution >= 4 is 11.8 Å². The highest BCUT2D eigenvalue weighted by Crippen LogP contribution is 2.65. The lowest BCUT2D eigenvalue weighted by Gasteiger charge is -2.31. The number of epoxide rings is 1. The normalized spacial score (nSPS) is 66.7. The summed E-state index contributed by atoms with van der Waals surface area (Å²) < 4.78 is 5.68. The van der Waals surface area contributed by atoms with Gasteiger partial charge in [-0.15, -0.1) is 0 Å². The Labute approximate surface area is 83.6 Å². The molecule has 1 aliphatic heterocycles. The van der Waals surface area contributed by atoms with Crippen molar-refractivity contribution in [1.82, 2.24) is 0 Å². The van der Waals surface area contributed by atoms with E-state index in [9.17, 15) is 0 Å². The summed E-state index contributed by atoms with van der Waals surface area (Å²) in [5, 5.41) is 1.00. The Balaban J connectivity index is 1.66. The minimum atomic E-state index is 0.709. The Morgan fingerprint density at radius 1 is 1.15 bits per heavy atom. The molecule has 1 nitrogen and oxygen atoms in total. The monoisotopic (exact) mass is 196 g/mol. The minimum absolute atomic E-state index is 0.709. The first-order chi connectivity index (χ1) is 6.38. The summed E-state index contributed by atoms with van der Waals surface area (Å²) in [5.41, 5.74) is 0. The average molecular weight is 196 g/mol. The van der Waals surface area contributed by atoms with Crippen molar-refractivity contribution in [2.45, 2.75) is 36.7 Å². The predicted octanol–water partition coefficient (Wildman–Crippen LogP) is 2.16. The van der Waals surface area contributed by atoms with Crippen molar-refractivity contribution in [3.63, 3.8) is 0 Å². The molecule has 1 heterocycles. The van der Waals surface area contributed by atoms with E-state index < -0.39 is 0 Å². The summed E-state index contributed by atoms with van der Waals surface area (Å²) in [6.07, 6.45) is 8.18. The Hall–Kier alpha value is 0.310. The highest BCUT2D eigenvalue weighted by atomic mass is 32.2. The van der Waals surface area contributed by atoms with Crippen LogP contribution in [0.4, 0.5) is 0 Å². The molecule has 0 aromatic carbocycles. The minimum Gasteiger partial charge on any atom is -0.369 e.